The first-order valence-corrected chi connectivity index (χ1v) is 12.8. The molecule has 1 N–H and O–H groups in total. The Labute approximate surface area is 221 Å². The van der Waals surface area contributed by atoms with Crippen molar-refractivity contribution in [1.29, 1.82) is 0 Å². The number of fused-ring (bicyclic) bond motifs is 2. The van der Waals surface area contributed by atoms with Crippen LogP contribution in [-0.4, -0.2) is 57.4 Å². The second-order valence-corrected chi connectivity index (χ2v) is 9.52. The second-order valence-electron chi connectivity index (χ2n) is 9.52. The summed E-state index contributed by atoms with van der Waals surface area (Å²) in [5, 5.41) is 3.39. The van der Waals surface area contributed by atoms with Crippen LogP contribution < -0.4 is 29.2 Å². The number of hydrogen-bond acceptors (Lipinski definition) is 9. The summed E-state index contributed by atoms with van der Waals surface area (Å²) in [4.78, 5) is 43.0. The summed E-state index contributed by atoms with van der Waals surface area (Å²) in [5.41, 5.74) is -0.371. The molecular weight excluding hydrogens is 492 g/mol. The van der Waals surface area contributed by atoms with E-state index >= 15 is 0 Å². The van der Waals surface area contributed by atoms with Crippen LogP contribution in [0.4, 0.5) is 5.69 Å². The largest absolute Gasteiger partial charge is 0.497 e. The fourth-order valence-electron chi connectivity index (χ4n) is 5.94. The Bertz CT molecular complexity index is 1260. The number of carbonyl (C=O) groups excluding carboxylic acids is 3. The lowest BCUT2D eigenvalue weighted by Gasteiger charge is -2.33. The van der Waals surface area contributed by atoms with Crippen LogP contribution in [0, 0.1) is 11.8 Å². The van der Waals surface area contributed by atoms with E-state index in [2.05, 4.69) is 5.32 Å². The smallest absolute Gasteiger partial charge is 0.327 e. The third-order valence-electron chi connectivity index (χ3n) is 7.50. The fourth-order valence-corrected chi connectivity index (χ4v) is 5.94. The summed E-state index contributed by atoms with van der Waals surface area (Å²) >= 11 is 0. The number of carbonyl (C=O) groups is 3. The highest BCUT2D eigenvalue weighted by Gasteiger charge is 2.69. The van der Waals surface area contributed by atoms with Crippen molar-refractivity contribution >= 4 is 23.5 Å². The van der Waals surface area contributed by atoms with E-state index in [4.69, 9.17) is 23.7 Å². The third kappa shape index (κ3) is 3.94. The molecule has 38 heavy (non-hydrogen) atoms. The zero-order chi connectivity index (χ0) is 27.0. The van der Waals surface area contributed by atoms with Gasteiger partial charge < -0.3 is 23.7 Å². The maximum atomic E-state index is 14.1. The molecule has 0 spiro atoms. The van der Waals surface area contributed by atoms with Crippen LogP contribution in [0.1, 0.15) is 38.3 Å². The molecule has 2 amide bonds. The molecule has 2 aromatic rings. The quantitative estimate of drug-likeness (QED) is 0.411. The minimum Gasteiger partial charge on any atom is -0.497 e. The van der Waals surface area contributed by atoms with E-state index < -0.39 is 41.2 Å². The zero-order valence-corrected chi connectivity index (χ0v) is 21.9. The van der Waals surface area contributed by atoms with E-state index in [0.29, 0.717) is 60.3 Å². The van der Waals surface area contributed by atoms with E-state index in [0.717, 1.165) is 0 Å². The fraction of sp³-hybridized carbons (Fsp3) is 0.464. The van der Waals surface area contributed by atoms with Gasteiger partial charge in [0.2, 0.25) is 11.8 Å². The van der Waals surface area contributed by atoms with Crippen molar-refractivity contribution in [3.8, 4) is 23.0 Å². The van der Waals surface area contributed by atoms with Crippen molar-refractivity contribution in [3.05, 3.63) is 42.0 Å². The van der Waals surface area contributed by atoms with Crippen LogP contribution in [0.15, 0.2) is 36.4 Å². The summed E-state index contributed by atoms with van der Waals surface area (Å²) in [5.74, 6) is -1.18. The van der Waals surface area contributed by atoms with Crippen molar-refractivity contribution in [2.75, 3.05) is 38.9 Å². The number of benzene rings is 2. The van der Waals surface area contributed by atoms with Crippen LogP contribution in [0.3, 0.4) is 0 Å². The number of methoxy groups -OCH3 is 2. The molecule has 2 saturated heterocycles. The van der Waals surface area contributed by atoms with E-state index in [1.165, 1.54) is 12.0 Å². The molecule has 3 heterocycles. The molecule has 10 nitrogen and oxygen atoms in total. The summed E-state index contributed by atoms with van der Waals surface area (Å²) in [6.07, 6.45) is 0.906. The minimum absolute atomic E-state index is 0.147. The van der Waals surface area contributed by atoms with Gasteiger partial charge in [-0.3, -0.25) is 19.7 Å². The molecule has 0 aromatic heterocycles. The van der Waals surface area contributed by atoms with Crippen LogP contribution in [0.5, 0.6) is 23.0 Å². The number of anilines is 1. The average Bonchev–Trinajstić information content (AvgIpc) is 3.41. The standard InChI is InChI=1S/C28H32N2O8/c1-5-11-28(27(33)36-6-2)23-22(24(29-28)18-9-8-17(34-3)15-20(18)35-4)25(31)30(26(23)32)16-7-10-19-21(14-16)38-13-12-37-19/h7-10,14-15,22-24,29H,5-6,11-13H2,1-4H3/t22-,23+,24-,28-/m0/s1. The Morgan fingerprint density at radius 1 is 1.03 bits per heavy atom. The molecule has 2 aromatic carbocycles. The van der Waals surface area contributed by atoms with Gasteiger partial charge in [0.05, 0.1) is 38.3 Å². The predicted molar refractivity (Wildman–Crippen MR) is 137 cm³/mol. The van der Waals surface area contributed by atoms with Gasteiger partial charge >= 0.3 is 5.97 Å². The molecule has 202 valence electrons. The number of rotatable bonds is 8. The number of nitrogens with one attached hydrogen (secondary N) is 1. The Hall–Kier alpha value is -3.79. The molecule has 3 aliphatic heterocycles. The predicted octanol–water partition coefficient (Wildman–Crippen LogP) is 3.03. The minimum atomic E-state index is -1.39. The zero-order valence-electron chi connectivity index (χ0n) is 21.9. The number of amides is 2. The van der Waals surface area contributed by atoms with E-state index in [9.17, 15) is 14.4 Å². The molecular formula is C28H32N2O8. The molecule has 0 unspecified atom stereocenters. The van der Waals surface area contributed by atoms with Gasteiger partial charge in [-0.05, 0) is 31.5 Å². The molecule has 0 aliphatic carbocycles. The van der Waals surface area contributed by atoms with Crippen LogP contribution >= 0.6 is 0 Å². The first-order valence-electron chi connectivity index (χ1n) is 12.8. The Morgan fingerprint density at radius 2 is 1.79 bits per heavy atom. The van der Waals surface area contributed by atoms with Gasteiger partial charge in [0.1, 0.15) is 30.3 Å². The summed E-state index contributed by atoms with van der Waals surface area (Å²) < 4.78 is 27.8. The normalized spacial score (nSPS) is 25.8. The van der Waals surface area contributed by atoms with E-state index in [-0.39, 0.29) is 6.61 Å². The Balaban J connectivity index is 1.64. The summed E-state index contributed by atoms with van der Waals surface area (Å²) in [6.45, 7) is 4.59. The number of ether oxygens (including phenoxy) is 5. The number of esters is 1. The topological polar surface area (TPSA) is 113 Å². The van der Waals surface area contributed by atoms with E-state index in [1.807, 2.05) is 6.92 Å². The van der Waals surface area contributed by atoms with Gasteiger partial charge in [-0.25, -0.2) is 4.90 Å². The lowest BCUT2D eigenvalue weighted by Crippen LogP contribution is -2.56. The van der Waals surface area contributed by atoms with Gasteiger partial charge in [0.25, 0.3) is 0 Å². The molecule has 2 fully saturated rings. The number of hydrogen-bond donors (Lipinski definition) is 1. The average molecular weight is 525 g/mol. The molecule has 10 heteroatoms. The third-order valence-corrected chi connectivity index (χ3v) is 7.50. The first-order chi connectivity index (χ1) is 18.4. The molecule has 3 aliphatic rings. The second kappa shape index (κ2) is 10.2. The summed E-state index contributed by atoms with van der Waals surface area (Å²) in [7, 11) is 3.08. The van der Waals surface area contributed by atoms with Gasteiger partial charge in [0.15, 0.2) is 11.5 Å². The van der Waals surface area contributed by atoms with Crippen molar-refractivity contribution in [2.24, 2.45) is 11.8 Å². The van der Waals surface area contributed by atoms with Gasteiger partial charge in [0, 0.05) is 23.7 Å². The maximum absolute atomic E-state index is 14.1. The highest BCUT2D eigenvalue weighted by molar-refractivity contribution is 6.24. The summed E-state index contributed by atoms with van der Waals surface area (Å²) in [6, 6.07) is 9.57. The highest BCUT2D eigenvalue weighted by atomic mass is 16.6. The first kappa shape index (κ1) is 25.8. The molecule has 0 bridgehead atoms. The maximum Gasteiger partial charge on any atom is 0.327 e. The van der Waals surface area contributed by atoms with Crippen molar-refractivity contribution in [2.45, 2.75) is 38.3 Å². The molecule has 0 radical (unpaired) electrons. The lowest BCUT2D eigenvalue weighted by atomic mass is 9.77. The van der Waals surface area contributed by atoms with Gasteiger partial charge in [-0.15, -0.1) is 0 Å². The van der Waals surface area contributed by atoms with Crippen molar-refractivity contribution in [1.82, 2.24) is 5.32 Å². The van der Waals surface area contributed by atoms with Crippen LogP contribution in [0.2, 0.25) is 0 Å². The van der Waals surface area contributed by atoms with Gasteiger partial charge in [-0.1, -0.05) is 19.4 Å². The molecule has 5 rings (SSSR count). The Kier molecular flexibility index (Phi) is 6.92. The van der Waals surface area contributed by atoms with Crippen LogP contribution in [-0.2, 0) is 19.1 Å². The van der Waals surface area contributed by atoms with E-state index in [1.54, 1.807) is 50.4 Å². The monoisotopic (exact) mass is 524 g/mol. The molecule has 4 atom stereocenters. The van der Waals surface area contributed by atoms with Gasteiger partial charge in [-0.2, -0.15) is 0 Å². The van der Waals surface area contributed by atoms with Crippen molar-refractivity contribution in [3.63, 3.8) is 0 Å². The SMILES string of the molecule is CCC[C@]1(C(=O)OCC)N[C@@H](c2ccc(OC)cc2OC)[C@H]2C(=O)N(c3ccc4c(c3)OCCO4)C(=O)[C@@H]21. The number of imide groups is 1. The molecule has 0 saturated carbocycles. The van der Waals surface area contributed by atoms with Crippen LogP contribution in [0.25, 0.3) is 0 Å². The van der Waals surface area contributed by atoms with Crippen molar-refractivity contribution < 1.29 is 38.1 Å². The lowest BCUT2D eigenvalue weighted by molar-refractivity contribution is -0.155. The Morgan fingerprint density at radius 3 is 2.47 bits per heavy atom. The number of nitrogens with zero attached hydrogens (tertiary/aromatic N) is 1. The highest BCUT2D eigenvalue weighted by Crippen LogP contribution is 2.53.